The van der Waals surface area contributed by atoms with Gasteiger partial charge in [0.15, 0.2) is 12.6 Å². The van der Waals surface area contributed by atoms with Crippen molar-refractivity contribution < 1.29 is 64.6 Å². The highest BCUT2D eigenvalue weighted by atomic mass is 16.7. The minimum Gasteiger partial charge on any atom is -0.394 e. The second kappa shape index (κ2) is 34.8. The van der Waals surface area contributed by atoms with Gasteiger partial charge in [0, 0.05) is 6.42 Å². The number of rotatable bonds is 36. The van der Waals surface area contributed by atoms with Crippen molar-refractivity contribution in [1.82, 2.24) is 5.32 Å². The first kappa shape index (κ1) is 55.6. The summed E-state index contributed by atoms with van der Waals surface area (Å²) in [5, 5.41) is 86.2. The van der Waals surface area contributed by atoms with Crippen LogP contribution in [-0.2, 0) is 23.7 Å². The highest BCUT2D eigenvalue weighted by Crippen LogP contribution is 2.30. The Morgan fingerprint density at radius 1 is 0.574 bits per heavy atom. The molecule has 2 aliphatic heterocycles. The Bertz CT molecular complexity index is 1130. The van der Waals surface area contributed by atoms with E-state index in [9.17, 15) is 45.6 Å². The van der Waals surface area contributed by atoms with E-state index in [1.165, 1.54) is 103 Å². The van der Waals surface area contributed by atoms with Gasteiger partial charge in [-0.25, -0.2) is 0 Å². The minimum absolute atomic E-state index is 0.252. The van der Waals surface area contributed by atoms with Crippen LogP contribution in [0, 0.1) is 0 Å². The van der Waals surface area contributed by atoms with Crippen LogP contribution in [0.4, 0.5) is 0 Å². The third-order valence-corrected chi connectivity index (χ3v) is 11.9. The largest absolute Gasteiger partial charge is 0.394 e. The van der Waals surface area contributed by atoms with E-state index >= 15 is 0 Å². The molecule has 2 fully saturated rings. The summed E-state index contributed by atoms with van der Waals surface area (Å²) < 4.78 is 22.6. The molecule has 0 saturated carbocycles. The molecule has 0 aromatic carbocycles. The maximum absolute atomic E-state index is 13.1. The van der Waals surface area contributed by atoms with Gasteiger partial charge in [0.2, 0.25) is 5.91 Å². The second-order valence-corrected chi connectivity index (χ2v) is 17.2. The molecule has 0 aliphatic carbocycles. The Morgan fingerprint density at radius 3 is 1.57 bits per heavy atom. The van der Waals surface area contributed by atoms with Crippen molar-refractivity contribution in [3.8, 4) is 0 Å². The van der Waals surface area contributed by atoms with Crippen LogP contribution in [0.25, 0.3) is 0 Å². The molecule has 0 spiro atoms. The molecule has 2 aliphatic rings. The van der Waals surface area contributed by atoms with Gasteiger partial charge in [-0.2, -0.15) is 0 Å². The molecule has 0 bridgehead atoms. The maximum atomic E-state index is 13.1. The fraction of sp³-hybridized carbons (Fsp3) is 0.894. The average molecular weight is 874 g/mol. The zero-order valence-electron chi connectivity index (χ0n) is 37.7. The highest BCUT2D eigenvalue weighted by Gasteiger charge is 2.51. The zero-order valence-corrected chi connectivity index (χ0v) is 37.7. The molecule has 14 heteroatoms. The Balaban J connectivity index is 1.77. The fourth-order valence-corrected chi connectivity index (χ4v) is 7.90. The standard InChI is InChI=1S/C47H87NO13/c1-3-5-7-9-11-12-13-14-15-16-17-18-19-20-21-22-23-25-27-29-31-39(52)48-35(36(51)30-28-26-24-10-8-6-4-2)34-58-46-44(57)42(55)45(38(33-50)60-46)61-47-43(56)41(54)40(53)37(32-49)59-47/h8,10,28,30,35-38,40-47,49-51,53-57H,3-7,9,11-27,29,31-34H2,1-2H3,(H,48,52)/b10-8+,30-28+. The van der Waals surface area contributed by atoms with Gasteiger partial charge in [0.1, 0.15) is 48.8 Å². The normalized spacial score (nSPS) is 28.2. The van der Waals surface area contributed by atoms with Gasteiger partial charge >= 0.3 is 0 Å². The summed E-state index contributed by atoms with van der Waals surface area (Å²) in [7, 11) is 0. The molecule has 358 valence electrons. The number of aliphatic hydroxyl groups excluding tert-OH is 8. The van der Waals surface area contributed by atoms with E-state index < -0.39 is 86.8 Å². The highest BCUT2D eigenvalue weighted by molar-refractivity contribution is 5.76. The van der Waals surface area contributed by atoms with Crippen LogP contribution < -0.4 is 5.32 Å². The number of unbranched alkanes of at least 4 members (excludes halogenated alkanes) is 21. The summed E-state index contributed by atoms with van der Waals surface area (Å²) in [6.07, 6.45) is 19.8. The second-order valence-electron chi connectivity index (χ2n) is 17.2. The molecular formula is C47H87NO13. The number of hydrogen-bond donors (Lipinski definition) is 9. The Hall–Kier alpha value is -1.53. The van der Waals surface area contributed by atoms with Crippen molar-refractivity contribution in [2.45, 2.75) is 248 Å². The summed E-state index contributed by atoms with van der Waals surface area (Å²) >= 11 is 0. The number of nitrogens with one attached hydrogen (secondary N) is 1. The lowest BCUT2D eigenvalue weighted by Gasteiger charge is -2.46. The predicted octanol–water partition coefficient (Wildman–Crippen LogP) is 5.38. The summed E-state index contributed by atoms with van der Waals surface area (Å²) in [6.45, 7) is 2.65. The molecule has 0 aromatic rings. The number of carbonyl (C=O) groups excluding carboxylic acids is 1. The van der Waals surface area contributed by atoms with E-state index in [1.807, 2.05) is 6.08 Å². The third-order valence-electron chi connectivity index (χ3n) is 11.9. The number of aliphatic hydroxyl groups is 8. The molecule has 0 radical (unpaired) electrons. The molecule has 0 aromatic heterocycles. The zero-order chi connectivity index (χ0) is 44.7. The lowest BCUT2D eigenvalue weighted by atomic mass is 9.97. The Labute approximate surface area is 367 Å². The van der Waals surface area contributed by atoms with E-state index in [0.29, 0.717) is 12.8 Å². The molecule has 2 rings (SSSR count). The van der Waals surface area contributed by atoms with Crippen molar-refractivity contribution in [2.24, 2.45) is 0 Å². The van der Waals surface area contributed by atoms with E-state index in [4.69, 9.17) is 18.9 Å². The first-order chi connectivity index (χ1) is 29.6. The smallest absolute Gasteiger partial charge is 0.220 e. The number of ether oxygens (including phenoxy) is 4. The first-order valence-electron chi connectivity index (χ1n) is 24.1. The number of amides is 1. The van der Waals surface area contributed by atoms with Gasteiger partial charge in [-0.05, 0) is 25.7 Å². The Morgan fingerprint density at radius 2 is 1.05 bits per heavy atom. The third kappa shape index (κ3) is 22.8. The van der Waals surface area contributed by atoms with Crippen LogP contribution in [0.2, 0.25) is 0 Å². The van der Waals surface area contributed by atoms with Crippen LogP contribution >= 0.6 is 0 Å². The maximum Gasteiger partial charge on any atom is 0.220 e. The van der Waals surface area contributed by atoms with Gasteiger partial charge < -0.3 is 65.1 Å². The Kier molecular flexibility index (Phi) is 31.7. The molecule has 2 heterocycles. The molecule has 12 atom stereocenters. The van der Waals surface area contributed by atoms with Crippen molar-refractivity contribution in [3.63, 3.8) is 0 Å². The van der Waals surface area contributed by atoms with Crippen molar-refractivity contribution in [3.05, 3.63) is 24.3 Å². The average Bonchev–Trinajstić information content (AvgIpc) is 3.26. The molecule has 14 nitrogen and oxygen atoms in total. The lowest BCUT2D eigenvalue weighted by molar-refractivity contribution is -0.359. The minimum atomic E-state index is -1.79. The molecule has 61 heavy (non-hydrogen) atoms. The van der Waals surface area contributed by atoms with E-state index in [0.717, 1.165) is 38.5 Å². The van der Waals surface area contributed by atoms with Crippen molar-refractivity contribution in [1.29, 1.82) is 0 Å². The van der Waals surface area contributed by atoms with Crippen LogP contribution in [-0.4, -0.2) is 140 Å². The van der Waals surface area contributed by atoms with Crippen molar-refractivity contribution >= 4 is 5.91 Å². The molecule has 12 unspecified atom stereocenters. The number of hydrogen-bond acceptors (Lipinski definition) is 13. The first-order valence-corrected chi connectivity index (χ1v) is 24.1. The van der Waals surface area contributed by atoms with E-state index in [1.54, 1.807) is 6.08 Å². The van der Waals surface area contributed by atoms with Gasteiger partial charge in [0.05, 0.1) is 32.0 Å². The predicted molar refractivity (Wildman–Crippen MR) is 235 cm³/mol. The summed E-state index contributed by atoms with van der Waals surface area (Å²) in [4.78, 5) is 13.1. The van der Waals surface area contributed by atoms with Gasteiger partial charge in [-0.15, -0.1) is 0 Å². The SMILES string of the molecule is CCC/C=C/CC/C=C/C(O)C(COC1OC(CO)C(OC2OC(CO)C(O)C(O)C2O)C(O)C1O)NC(=O)CCCCCCCCCCCCCCCCCCCCCC. The number of allylic oxidation sites excluding steroid dienone is 3. The summed E-state index contributed by atoms with van der Waals surface area (Å²) in [6, 6.07) is -0.923. The van der Waals surface area contributed by atoms with Crippen LogP contribution in [0.5, 0.6) is 0 Å². The van der Waals surface area contributed by atoms with E-state index in [2.05, 4.69) is 31.3 Å². The van der Waals surface area contributed by atoms with Crippen LogP contribution in [0.1, 0.15) is 174 Å². The topological polar surface area (TPSA) is 228 Å². The number of carbonyl (C=O) groups is 1. The lowest BCUT2D eigenvalue weighted by Crippen LogP contribution is -2.65. The summed E-state index contributed by atoms with van der Waals surface area (Å²) in [5.74, 6) is -0.252. The summed E-state index contributed by atoms with van der Waals surface area (Å²) in [5.41, 5.74) is 0. The fourth-order valence-electron chi connectivity index (χ4n) is 7.90. The molecule has 1 amide bonds. The molecule has 2 saturated heterocycles. The van der Waals surface area contributed by atoms with Crippen LogP contribution in [0.3, 0.4) is 0 Å². The van der Waals surface area contributed by atoms with Gasteiger partial charge in [0.25, 0.3) is 0 Å². The van der Waals surface area contributed by atoms with Gasteiger partial charge in [-0.1, -0.05) is 167 Å². The quantitative estimate of drug-likeness (QED) is 0.0285. The van der Waals surface area contributed by atoms with Crippen LogP contribution in [0.15, 0.2) is 24.3 Å². The molecule has 9 N–H and O–H groups in total. The monoisotopic (exact) mass is 874 g/mol. The van der Waals surface area contributed by atoms with Gasteiger partial charge in [-0.3, -0.25) is 4.79 Å². The molecular weight excluding hydrogens is 787 g/mol. The van der Waals surface area contributed by atoms with Crippen molar-refractivity contribution in [2.75, 3.05) is 19.8 Å². The van der Waals surface area contributed by atoms with E-state index in [-0.39, 0.29) is 18.9 Å².